The Morgan fingerprint density at radius 1 is 0.971 bits per heavy atom. The molecule has 0 spiro atoms. The lowest BCUT2D eigenvalue weighted by molar-refractivity contribution is 0.0353. The molecule has 0 bridgehead atoms. The normalized spacial score (nSPS) is 18.6. The highest BCUT2D eigenvalue weighted by atomic mass is 16.5. The van der Waals surface area contributed by atoms with Gasteiger partial charge in [0.05, 0.1) is 30.2 Å². The molecular formula is C28H32N2O4. The molecule has 178 valence electrons. The molecule has 34 heavy (non-hydrogen) atoms. The molecule has 5 rings (SSSR count). The number of rotatable bonds is 6. The van der Waals surface area contributed by atoms with Crippen molar-refractivity contribution in [2.45, 2.75) is 39.7 Å². The van der Waals surface area contributed by atoms with Gasteiger partial charge in [-0.1, -0.05) is 31.2 Å². The van der Waals surface area contributed by atoms with Crippen molar-refractivity contribution in [1.82, 2.24) is 9.80 Å². The molecular weight excluding hydrogens is 428 g/mol. The Balaban J connectivity index is 1.55. The number of hydrogen-bond acceptors (Lipinski definition) is 5. The Hall–Kier alpha value is -2.96. The van der Waals surface area contributed by atoms with Gasteiger partial charge in [0.1, 0.15) is 5.58 Å². The minimum atomic E-state index is -0.430. The van der Waals surface area contributed by atoms with Crippen LogP contribution in [-0.2, 0) is 11.2 Å². The summed E-state index contributed by atoms with van der Waals surface area (Å²) in [5.41, 5.74) is 5.10. The molecule has 3 heterocycles. The summed E-state index contributed by atoms with van der Waals surface area (Å²) in [6.45, 7) is 10.9. The first-order chi connectivity index (χ1) is 16.5. The molecule has 1 aromatic heterocycles. The van der Waals surface area contributed by atoms with Gasteiger partial charge in [0.2, 0.25) is 5.76 Å². The number of nitrogens with zero attached hydrogens (tertiary/aromatic N) is 2. The van der Waals surface area contributed by atoms with Crippen LogP contribution < -0.4 is 5.43 Å². The van der Waals surface area contributed by atoms with Crippen molar-refractivity contribution in [2.24, 2.45) is 0 Å². The maximum absolute atomic E-state index is 13.7. The monoisotopic (exact) mass is 460 g/mol. The van der Waals surface area contributed by atoms with Gasteiger partial charge in [-0.15, -0.1) is 0 Å². The van der Waals surface area contributed by atoms with Crippen LogP contribution in [0.3, 0.4) is 0 Å². The van der Waals surface area contributed by atoms with Gasteiger partial charge in [0.15, 0.2) is 5.43 Å². The summed E-state index contributed by atoms with van der Waals surface area (Å²) in [4.78, 5) is 31.5. The van der Waals surface area contributed by atoms with Gasteiger partial charge in [-0.25, -0.2) is 0 Å². The number of hydrogen-bond donors (Lipinski definition) is 0. The van der Waals surface area contributed by atoms with Gasteiger partial charge in [-0.2, -0.15) is 0 Å². The first-order valence-corrected chi connectivity index (χ1v) is 12.3. The number of ether oxygens (including phenoxy) is 1. The number of morpholine rings is 1. The lowest BCUT2D eigenvalue weighted by Crippen LogP contribution is -2.38. The molecule has 6 nitrogen and oxygen atoms in total. The van der Waals surface area contributed by atoms with Crippen molar-refractivity contribution in [3.8, 4) is 0 Å². The predicted molar refractivity (Wildman–Crippen MR) is 133 cm³/mol. The van der Waals surface area contributed by atoms with Gasteiger partial charge in [-0.05, 0) is 61.1 Å². The number of aryl methyl sites for hydroxylation is 3. The van der Waals surface area contributed by atoms with Crippen LogP contribution in [0.5, 0.6) is 0 Å². The molecule has 2 aliphatic heterocycles. The van der Waals surface area contributed by atoms with E-state index < -0.39 is 6.04 Å². The van der Waals surface area contributed by atoms with Gasteiger partial charge in [0.25, 0.3) is 5.91 Å². The first kappa shape index (κ1) is 22.8. The number of fused-ring (bicyclic) bond motifs is 2. The Morgan fingerprint density at radius 3 is 2.38 bits per heavy atom. The quantitative estimate of drug-likeness (QED) is 0.551. The van der Waals surface area contributed by atoms with Crippen molar-refractivity contribution in [3.05, 3.63) is 80.2 Å². The fraction of sp³-hybridized carbons (Fsp3) is 0.429. The number of carbonyl (C=O) groups is 1. The molecule has 0 saturated carbocycles. The molecule has 6 heteroatoms. The number of carbonyl (C=O) groups excluding carboxylic acids is 1. The van der Waals surface area contributed by atoms with Crippen LogP contribution in [0.4, 0.5) is 0 Å². The van der Waals surface area contributed by atoms with Gasteiger partial charge < -0.3 is 14.1 Å². The molecule has 0 N–H and O–H groups in total. The van der Waals surface area contributed by atoms with E-state index in [0.717, 1.165) is 62.4 Å². The highest BCUT2D eigenvalue weighted by Gasteiger charge is 2.42. The zero-order chi connectivity index (χ0) is 23.8. The fourth-order valence-electron chi connectivity index (χ4n) is 5.08. The van der Waals surface area contributed by atoms with E-state index in [9.17, 15) is 9.59 Å². The standard InChI is InChI=1S/C28H32N2O4/c1-4-20-6-8-21(9-7-20)25-24-26(31)22-16-18(2)19(3)17-23(22)34-27(24)28(32)30(25)11-5-10-29-12-14-33-15-13-29/h6-9,16-17,25H,4-5,10-15H2,1-3H3/t25-/m0/s1. The van der Waals surface area contributed by atoms with Crippen molar-refractivity contribution >= 4 is 16.9 Å². The van der Waals surface area contributed by atoms with Crippen molar-refractivity contribution in [2.75, 3.05) is 39.4 Å². The summed E-state index contributed by atoms with van der Waals surface area (Å²) in [5.74, 6) is -0.00420. The van der Waals surface area contributed by atoms with Crippen LogP contribution in [0.15, 0.2) is 45.6 Å². The number of benzene rings is 2. The first-order valence-electron chi connectivity index (χ1n) is 12.3. The Kier molecular flexibility index (Phi) is 6.28. The molecule has 1 saturated heterocycles. The highest BCUT2D eigenvalue weighted by molar-refractivity contribution is 5.99. The highest BCUT2D eigenvalue weighted by Crippen LogP contribution is 2.38. The summed E-state index contributed by atoms with van der Waals surface area (Å²) in [5, 5.41) is 0.542. The van der Waals surface area contributed by atoms with Gasteiger partial charge in [0, 0.05) is 26.2 Å². The molecule has 2 aromatic carbocycles. The summed E-state index contributed by atoms with van der Waals surface area (Å²) >= 11 is 0. The predicted octanol–water partition coefficient (Wildman–Crippen LogP) is 4.24. The third-order valence-electron chi connectivity index (χ3n) is 7.26. The zero-order valence-corrected chi connectivity index (χ0v) is 20.2. The Labute approximate surface area is 200 Å². The smallest absolute Gasteiger partial charge is 0.290 e. The Morgan fingerprint density at radius 2 is 1.68 bits per heavy atom. The topological polar surface area (TPSA) is 63.0 Å². The van der Waals surface area contributed by atoms with Gasteiger partial charge >= 0.3 is 0 Å². The second-order valence-electron chi connectivity index (χ2n) is 9.41. The Bertz CT molecular complexity index is 1270. The molecule has 3 aromatic rings. The summed E-state index contributed by atoms with van der Waals surface area (Å²) < 4.78 is 11.6. The van der Waals surface area contributed by atoms with Crippen molar-refractivity contribution in [1.29, 1.82) is 0 Å². The lowest BCUT2D eigenvalue weighted by atomic mass is 9.96. The van der Waals surface area contributed by atoms with E-state index in [0.29, 0.717) is 23.1 Å². The van der Waals surface area contributed by atoms with Crippen LogP contribution in [0.2, 0.25) is 0 Å². The largest absolute Gasteiger partial charge is 0.450 e. The van der Waals surface area contributed by atoms with Crippen LogP contribution in [0.1, 0.15) is 57.8 Å². The van der Waals surface area contributed by atoms with Crippen LogP contribution >= 0.6 is 0 Å². The molecule has 0 radical (unpaired) electrons. The maximum Gasteiger partial charge on any atom is 0.290 e. The van der Waals surface area contributed by atoms with Crippen LogP contribution in [0.25, 0.3) is 11.0 Å². The van der Waals surface area contributed by atoms with Gasteiger partial charge in [-0.3, -0.25) is 14.5 Å². The lowest BCUT2D eigenvalue weighted by Gasteiger charge is -2.29. The fourth-order valence-corrected chi connectivity index (χ4v) is 5.08. The molecule has 1 amide bonds. The average molecular weight is 461 g/mol. The minimum Gasteiger partial charge on any atom is -0.450 e. The van der Waals surface area contributed by atoms with E-state index in [1.807, 2.05) is 43.0 Å². The van der Waals surface area contributed by atoms with E-state index in [2.05, 4.69) is 24.0 Å². The molecule has 1 fully saturated rings. The van der Waals surface area contributed by atoms with E-state index in [-0.39, 0.29) is 17.1 Å². The average Bonchev–Trinajstić information content (AvgIpc) is 3.13. The third kappa shape index (κ3) is 4.05. The molecule has 0 unspecified atom stereocenters. The molecule has 0 aliphatic carbocycles. The minimum absolute atomic E-state index is 0.104. The molecule has 2 aliphatic rings. The number of amides is 1. The van der Waals surface area contributed by atoms with Crippen molar-refractivity contribution in [3.63, 3.8) is 0 Å². The zero-order valence-electron chi connectivity index (χ0n) is 20.2. The van der Waals surface area contributed by atoms with E-state index in [1.54, 1.807) is 0 Å². The second-order valence-corrected chi connectivity index (χ2v) is 9.41. The maximum atomic E-state index is 13.7. The third-order valence-corrected chi connectivity index (χ3v) is 7.26. The second kappa shape index (κ2) is 9.35. The summed E-state index contributed by atoms with van der Waals surface area (Å²) in [7, 11) is 0. The van der Waals surface area contributed by atoms with Crippen molar-refractivity contribution < 1.29 is 13.9 Å². The van der Waals surface area contributed by atoms with Crippen LogP contribution in [-0.4, -0.2) is 55.1 Å². The van der Waals surface area contributed by atoms with E-state index in [4.69, 9.17) is 9.15 Å². The SMILES string of the molecule is CCc1ccc([C@H]2c3c(oc4cc(C)c(C)cc4c3=O)C(=O)N2CCCN2CCOCC2)cc1. The van der Waals surface area contributed by atoms with E-state index in [1.165, 1.54) is 5.56 Å². The van der Waals surface area contributed by atoms with E-state index >= 15 is 0 Å². The summed E-state index contributed by atoms with van der Waals surface area (Å²) in [6.07, 6.45) is 1.77. The molecule has 1 atom stereocenters. The summed E-state index contributed by atoms with van der Waals surface area (Å²) in [6, 6.07) is 11.6. The van der Waals surface area contributed by atoms with Crippen LogP contribution in [0, 0.1) is 13.8 Å².